The van der Waals surface area contributed by atoms with Gasteiger partial charge in [0.2, 0.25) is 15.9 Å². The molecule has 1 aliphatic rings. The number of halogens is 2. The van der Waals surface area contributed by atoms with E-state index in [1.165, 1.54) is 25.5 Å². The first kappa shape index (κ1) is 23.1. The first-order valence-corrected chi connectivity index (χ1v) is 8.76. The number of carbonyl (C=O) groups excluding carboxylic acids is 1. The summed E-state index contributed by atoms with van der Waals surface area (Å²) in [5.74, 6) is -0.204. The minimum absolute atomic E-state index is 0. The van der Waals surface area contributed by atoms with Crippen LogP contribution in [0.25, 0.3) is 0 Å². The second-order valence-corrected chi connectivity index (χ2v) is 7.47. The fourth-order valence-electron chi connectivity index (χ4n) is 2.62. The SMILES string of the molecule is CN(CC(=O)N1CCCCC1CN)S(=O)(=O)c1cccnc1.Cl.Cl. The van der Waals surface area contributed by atoms with Gasteiger partial charge in [-0.2, -0.15) is 4.31 Å². The van der Waals surface area contributed by atoms with Crippen LogP contribution in [-0.4, -0.2) is 61.2 Å². The van der Waals surface area contributed by atoms with Crippen molar-refractivity contribution in [2.45, 2.75) is 30.2 Å². The zero-order valence-corrected chi connectivity index (χ0v) is 15.9. The predicted molar refractivity (Wildman–Crippen MR) is 97.0 cm³/mol. The maximum Gasteiger partial charge on any atom is 0.244 e. The molecule has 10 heteroatoms. The molecule has 1 unspecified atom stereocenters. The Labute approximate surface area is 155 Å². The van der Waals surface area contributed by atoms with Crippen LogP contribution in [0.2, 0.25) is 0 Å². The molecule has 2 N–H and O–H groups in total. The zero-order chi connectivity index (χ0) is 16.2. The van der Waals surface area contributed by atoms with Crippen LogP contribution in [0.15, 0.2) is 29.4 Å². The third kappa shape index (κ3) is 5.29. The fraction of sp³-hybridized carbons (Fsp3) is 0.571. The number of hydrogen-bond acceptors (Lipinski definition) is 5. The number of rotatable bonds is 5. The lowest BCUT2D eigenvalue weighted by molar-refractivity contribution is -0.134. The highest BCUT2D eigenvalue weighted by Crippen LogP contribution is 2.18. The lowest BCUT2D eigenvalue weighted by atomic mass is 10.0. The van der Waals surface area contributed by atoms with E-state index in [9.17, 15) is 13.2 Å². The minimum atomic E-state index is -3.70. The maximum atomic E-state index is 12.4. The molecule has 138 valence electrons. The van der Waals surface area contributed by atoms with Crippen LogP contribution in [-0.2, 0) is 14.8 Å². The van der Waals surface area contributed by atoms with Crippen molar-refractivity contribution in [1.82, 2.24) is 14.2 Å². The van der Waals surface area contributed by atoms with Crippen molar-refractivity contribution in [3.63, 3.8) is 0 Å². The van der Waals surface area contributed by atoms with Crippen molar-refractivity contribution < 1.29 is 13.2 Å². The van der Waals surface area contributed by atoms with Gasteiger partial charge in [-0.15, -0.1) is 24.8 Å². The number of likely N-dealkylation sites (tertiary alicyclic amines) is 1. The Morgan fingerprint density at radius 1 is 1.42 bits per heavy atom. The van der Waals surface area contributed by atoms with Gasteiger partial charge in [0.25, 0.3) is 0 Å². The number of carbonyl (C=O) groups is 1. The monoisotopic (exact) mass is 398 g/mol. The Kier molecular flexibility index (Phi) is 9.76. The standard InChI is InChI=1S/C14H22N4O3S.2ClH/c1-17(22(20,21)13-6-4-7-16-10-13)11-14(19)18-8-3-2-5-12(18)9-15;;/h4,6-7,10,12H,2-3,5,8-9,11,15H2,1H3;2*1H. The van der Waals surface area contributed by atoms with Gasteiger partial charge in [0.1, 0.15) is 4.90 Å². The highest BCUT2D eigenvalue weighted by molar-refractivity contribution is 7.89. The molecule has 0 spiro atoms. The molecule has 0 saturated carbocycles. The molecule has 1 saturated heterocycles. The van der Waals surface area contributed by atoms with Gasteiger partial charge < -0.3 is 10.6 Å². The molecule has 0 radical (unpaired) electrons. The number of hydrogen-bond donors (Lipinski definition) is 1. The number of amides is 1. The van der Waals surface area contributed by atoms with Crippen molar-refractivity contribution >= 4 is 40.7 Å². The second-order valence-electron chi connectivity index (χ2n) is 5.42. The maximum absolute atomic E-state index is 12.4. The first-order chi connectivity index (χ1) is 10.5. The number of nitrogens with zero attached hydrogens (tertiary/aromatic N) is 3. The highest BCUT2D eigenvalue weighted by atomic mass is 35.5. The largest absolute Gasteiger partial charge is 0.337 e. The number of pyridine rings is 1. The van der Waals surface area contributed by atoms with Crippen LogP contribution >= 0.6 is 24.8 Å². The van der Waals surface area contributed by atoms with Crippen molar-refractivity contribution in [2.75, 3.05) is 26.7 Å². The summed E-state index contributed by atoms with van der Waals surface area (Å²) in [6.45, 7) is 0.861. The molecular weight excluding hydrogens is 375 g/mol. The Balaban J connectivity index is 0.00000264. The van der Waals surface area contributed by atoms with Crippen molar-refractivity contribution in [3.05, 3.63) is 24.5 Å². The van der Waals surface area contributed by atoms with Gasteiger partial charge in [-0.25, -0.2) is 8.42 Å². The van der Waals surface area contributed by atoms with E-state index >= 15 is 0 Å². The molecule has 24 heavy (non-hydrogen) atoms. The molecule has 2 heterocycles. The molecule has 1 amide bonds. The van der Waals surface area contributed by atoms with Gasteiger partial charge in [0.05, 0.1) is 6.54 Å². The average molecular weight is 399 g/mol. The van der Waals surface area contributed by atoms with Gasteiger partial charge >= 0.3 is 0 Å². The topological polar surface area (TPSA) is 96.6 Å². The lowest BCUT2D eigenvalue weighted by Crippen LogP contribution is -2.50. The van der Waals surface area contributed by atoms with Crippen LogP contribution in [0.5, 0.6) is 0 Å². The number of nitrogens with two attached hydrogens (primary N) is 1. The summed E-state index contributed by atoms with van der Waals surface area (Å²) in [5, 5.41) is 0. The second kappa shape index (κ2) is 10.1. The van der Waals surface area contributed by atoms with E-state index in [4.69, 9.17) is 5.73 Å². The number of sulfonamides is 1. The van der Waals surface area contributed by atoms with E-state index < -0.39 is 10.0 Å². The van der Waals surface area contributed by atoms with Crippen LogP contribution in [0.1, 0.15) is 19.3 Å². The van der Waals surface area contributed by atoms with E-state index in [1.54, 1.807) is 11.0 Å². The van der Waals surface area contributed by atoms with E-state index in [0.717, 1.165) is 23.6 Å². The molecule has 2 rings (SSSR count). The normalized spacial score (nSPS) is 17.8. The van der Waals surface area contributed by atoms with E-state index in [2.05, 4.69) is 4.98 Å². The minimum Gasteiger partial charge on any atom is -0.337 e. The van der Waals surface area contributed by atoms with Gasteiger partial charge in [-0.3, -0.25) is 9.78 Å². The van der Waals surface area contributed by atoms with Crippen molar-refractivity contribution in [1.29, 1.82) is 0 Å². The Hall–Kier alpha value is -0.930. The molecule has 0 aliphatic carbocycles. The van der Waals surface area contributed by atoms with Gasteiger partial charge in [0, 0.05) is 38.6 Å². The molecular formula is C14H24Cl2N4O3S. The summed E-state index contributed by atoms with van der Waals surface area (Å²) in [4.78, 5) is 18.0. The van der Waals surface area contributed by atoms with Gasteiger partial charge in [-0.1, -0.05) is 0 Å². The predicted octanol–water partition coefficient (Wildman–Crippen LogP) is 0.885. The van der Waals surface area contributed by atoms with E-state index in [-0.39, 0.29) is 48.2 Å². The summed E-state index contributed by atoms with van der Waals surface area (Å²) < 4.78 is 25.8. The van der Waals surface area contributed by atoms with Gasteiger partial charge in [0.15, 0.2) is 0 Å². The van der Waals surface area contributed by atoms with Crippen LogP contribution in [0, 0.1) is 0 Å². The Morgan fingerprint density at radius 3 is 2.71 bits per heavy atom. The summed E-state index contributed by atoms with van der Waals surface area (Å²) >= 11 is 0. The molecule has 7 nitrogen and oxygen atoms in total. The van der Waals surface area contributed by atoms with Crippen LogP contribution < -0.4 is 5.73 Å². The fourth-order valence-corrected chi connectivity index (χ4v) is 3.70. The average Bonchev–Trinajstić information content (AvgIpc) is 2.55. The molecule has 1 fully saturated rings. The van der Waals surface area contributed by atoms with E-state index in [0.29, 0.717) is 13.1 Å². The number of aromatic nitrogens is 1. The molecule has 1 atom stereocenters. The first-order valence-electron chi connectivity index (χ1n) is 7.32. The van der Waals surface area contributed by atoms with Crippen LogP contribution in [0.3, 0.4) is 0 Å². The third-order valence-corrected chi connectivity index (χ3v) is 5.71. The molecule has 1 aromatic rings. The Bertz CT molecular complexity index is 616. The molecule has 1 aliphatic heterocycles. The molecule has 1 aromatic heterocycles. The zero-order valence-electron chi connectivity index (χ0n) is 13.5. The lowest BCUT2D eigenvalue weighted by Gasteiger charge is -2.35. The summed E-state index contributed by atoms with van der Waals surface area (Å²) in [6, 6.07) is 3.03. The van der Waals surface area contributed by atoms with Crippen molar-refractivity contribution in [3.8, 4) is 0 Å². The molecule has 0 aromatic carbocycles. The number of piperidine rings is 1. The summed E-state index contributed by atoms with van der Waals surface area (Å²) in [7, 11) is -2.30. The molecule has 0 bridgehead atoms. The highest BCUT2D eigenvalue weighted by Gasteiger charge is 2.29. The summed E-state index contributed by atoms with van der Waals surface area (Å²) in [6.07, 6.45) is 5.64. The quantitative estimate of drug-likeness (QED) is 0.793. The van der Waals surface area contributed by atoms with Crippen LogP contribution in [0.4, 0.5) is 0 Å². The Morgan fingerprint density at radius 2 is 2.12 bits per heavy atom. The van der Waals surface area contributed by atoms with Gasteiger partial charge in [-0.05, 0) is 31.4 Å². The third-order valence-electron chi connectivity index (χ3n) is 3.92. The smallest absolute Gasteiger partial charge is 0.244 e. The summed E-state index contributed by atoms with van der Waals surface area (Å²) in [5.41, 5.74) is 5.71. The van der Waals surface area contributed by atoms with Crippen molar-refractivity contribution in [2.24, 2.45) is 5.73 Å². The number of likely N-dealkylation sites (N-methyl/N-ethyl adjacent to an activating group) is 1. The van der Waals surface area contributed by atoms with E-state index in [1.807, 2.05) is 0 Å².